The van der Waals surface area contributed by atoms with Crippen molar-refractivity contribution in [2.24, 2.45) is 0 Å². The molecule has 0 unspecified atom stereocenters. The van der Waals surface area contributed by atoms with E-state index in [4.69, 9.17) is 5.11 Å². The fraction of sp³-hybridized carbons (Fsp3) is 0.286. The number of hydrogen-bond acceptors (Lipinski definition) is 4. The molecule has 2 N–H and O–H groups in total. The summed E-state index contributed by atoms with van der Waals surface area (Å²) in [6.45, 7) is -1.36. The fourth-order valence-corrected chi connectivity index (χ4v) is 0.819. The normalized spacial score (nSPS) is 11.1. The number of anilines is 1. The van der Waals surface area contributed by atoms with Gasteiger partial charge in [-0.15, -0.1) is 5.10 Å². The molecule has 0 aliphatic rings. The third kappa shape index (κ3) is 3.41. The Balaban J connectivity index is 2.81. The molecule has 0 aliphatic carbocycles. The molecule has 0 fully saturated rings. The zero-order valence-electron chi connectivity index (χ0n) is 7.25. The molecule has 5 nitrogen and oxygen atoms in total. The van der Waals surface area contributed by atoms with Crippen molar-refractivity contribution in [2.75, 3.05) is 11.9 Å². The molecule has 0 saturated heterocycles. The highest BCUT2D eigenvalue weighted by atomic mass is 19.4. The van der Waals surface area contributed by atoms with Crippen LogP contribution in [0.4, 0.5) is 19.0 Å². The van der Waals surface area contributed by atoms with E-state index in [1.165, 1.54) is 0 Å². The first-order valence-electron chi connectivity index (χ1n) is 3.76. The Hall–Kier alpha value is -1.86. The Labute approximate surface area is 81.9 Å². The Morgan fingerprint density at radius 3 is 2.73 bits per heavy atom. The molecule has 0 radical (unpaired) electrons. The molecular weight excluding hydrogens is 215 g/mol. The van der Waals surface area contributed by atoms with Crippen LogP contribution in [0.5, 0.6) is 0 Å². The van der Waals surface area contributed by atoms with E-state index in [0.29, 0.717) is 0 Å². The lowest BCUT2D eigenvalue weighted by atomic mass is 10.3. The van der Waals surface area contributed by atoms with E-state index in [-0.39, 0.29) is 5.56 Å². The van der Waals surface area contributed by atoms with E-state index < -0.39 is 24.5 Å². The lowest BCUT2D eigenvalue weighted by Crippen LogP contribution is -2.23. The minimum atomic E-state index is -4.44. The average molecular weight is 221 g/mol. The van der Waals surface area contributed by atoms with Crippen LogP contribution in [0.25, 0.3) is 0 Å². The maximum atomic E-state index is 11.8. The Morgan fingerprint density at radius 2 is 2.20 bits per heavy atom. The summed E-state index contributed by atoms with van der Waals surface area (Å²) in [4.78, 5) is 10.6. The number of nitrogens with one attached hydrogen (secondary N) is 1. The highest BCUT2D eigenvalue weighted by molar-refractivity contribution is 5.92. The Morgan fingerprint density at radius 1 is 1.53 bits per heavy atom. The molecule has 15 heavy (non-hydrogen) atoms. The Bertz CT molecular complexity index is 367. The van der Waals surface area contributed by atoms with Gasteiger partial charge in [0.1, 0.15) is 12.1 Å². The summed E-state index contributed by atoms with van der Waals surface area (Å²) in [5.41, 5.74) is -0.353. The van der Waals surface area contributed by atoms with Gasteiger partial charge in [0.25, 0.3) is 0 Å². The largest absolute Gasteiger partial charge is 0.478 e. The number of carbonyl (C=O) groups is 1. The van der Waals surface area contributed by atoms with Crippen molar-refractivity contribution < 1.29 is 23.1 Å². The molecule has 0 saturated carbocycles. The van der Waals surface area contributed by atoms with Gasteiger partial charge in [0, 0.05) is 0 Å². The van der Waals surface area contributed by atoms with Crippen LogP contribution in [0.1, 0.15) is 10.4 Å². The van der Waals surface area contributed by atoms with Crippen molar-refractivity contribution in [2.45, 2.75) is 6.18 Å². The fourth-order valence-electron chi connectivity index (χ4n) is 0.819. The third-order valence-electron chi connectivity index (χ3n) is 1.41. The number of aromatic nitrogens is 2. The molecule has 0 aromatic carbocycles. The van der Waals surface area contributed by atoms with Gasteiger partial charge in [-0.25, -0.2) is 4.79 Å². The molecular formula is C7H6F3N3O2. The third-order valence-corrected chi connectivity index (χ3v) is 1.41. The summed E-state index contributed by atoms with van der Waals surface area (Å²) < 4.78 is 35.4. The highest BCUT2D eigenvalue weighted by Crippen LogP contribution is 2.17. The molecule has 1 rings (SSSR count). The minimum Gasteiger partial charge on any atom is -0.478 e. The van der Waals surface area contributed by atoms with Crippen molar-refractivity contribution in [1.29, 1.82) is 0 Å². The minimum absolute atomic E-state index is 0.353. The van der Waals surface area contributed by atoms with E-state index in [1.54, 1.807) is 0 Å². The molecule has 0 bridgehead atoms. The second-order valence-electron chi connectivity index (χ2n) is 2.57. The van der Waals surface area contributed by atoms with Gasteiger partial charge >= 0.3 is 12.1 Å². The van der Waals surface area contributed by atoms with Crippen LogP contribution in [0.15, 0.2) is 12.3 Å². The van der Waals surface area contributed by atoms with Gasteiger partial charge in [-0.1, -0.05) is 0 Å². The van der Waals surface area contributed by atoms with Crippen LogP contribution in [-0.4, -0.2) is 34.0 Å². The number of nitrogens with zero attached hydrogens (tertiary/aromatic N) is 2. The number of halogens is 3. The molecule has 1 aromatic rings. The summed E-state index contributed by atoms with van der Waals surface area (Å²) in [5.74, 6) is -1.77. The molecule has 8 heteroatoms. The monoisotopic (exact) mass is 221 g/mol. The van der Waals surface area contributed by atoms with Crippen LogP contribution < -0.4 is 5.32 Å². The lowest BCUT2D eigenvalue weighted by Gasteiger charge is -2.09. The lowest BCUT2D eigenvalue weighted by molar-refractivity contribution is -0.115. The maximum absolute atomic E-state index is 11.8. The predicted octanol–water partition coefficient (Wildman–Crippen LogP) is 1.15. The van der Waals surface area contributed by atoms with Gasteiger partial charge in [0.2, 0.25) is 0 Å². The summed E-state index contributed by atoms with van der Waals surface area (Å²) in [5, 5.41) is 17.0. The highest BCUT2D eigenvalue weighted by Gasteiger charge is 2.27. The molecule has 0 spiro atoms. The van der Waals surface area contributed by atoms with Gasteiger partial charge in [-0.3, -0.25) is 0 Å². The van der Waals surface area contributed by atoms with Gasteiger partial charge in [-0.05, 0) is 6.07 Å². The first kappa shape index (κ1) is 11.2. The maximum Gasteiger partial charge on any atom is 0.405 e. The summed E-state index contributed by atoms with van der Waals surface area (Å²) in [7, 11) is 0. The van der Waals surface area contributed by atoms with Crippen molar-refractivity contribution in [3.05, 3.63) is 17.8 Å². The average Bonchev–Trinajstić information content (AvgIpc) is 2.14. The number of hydrogen-bond donors (Lipinski definition) is 2. The first-order valence-corrected chi connectivity index (χ1v) is 3.76. The van der Waals surface area contributed by atoms with Crippen LogP contribution in [0, 0.1) is 0 Å². The number of carboxylic acid groups (broad SMARTS) is 1. The van der Waals surface area contributed by atoms with Crippen molar-refractivity contribution in [3.8, 4) is 0 Å². The first-order chi connectivity index (χ1) is 6.90. The molecule has 1 heterocycles. The van der Waals surface area contributed by atoms with E-state index in [0.717, 1.165) is 12.3 Å². The van der Waals surface area contributed by atoms with Gasteiger partial charge in [-0.2, -0.15) is 18.3 Å². The summed E-state index contributed by atoms with van der Waals surface area (Å²) in [6, 6.07) is 1.06. The van der Waals surface area contributed by atoms with Crippen LogP contribution in [0.2, 0.25) is 0 Å². The number of aromatic carboxylic acids is 1. The zero-order valence-corrected chi connectivity index (χ0v) is 7.25. The standard InChI is InChI=1S/C7H6F3N3O2/c8-7(9,10)3-11-5-4(6(14)15)1-2-12-13-5/h1-2H,3H2,(H,11,13)(H,14,15). The van der Waals surface area contributed by atoms with E-state index >= 15 is 0 Å². The van der Waals surface area contributed by atoms with Crippen LogP contribution in [0.3, 0.4) is 0 Å². The number of rotatable bonds is 3. The SMILES string of the molecule is O=C(O)c1ccnnc1NCC(F)(F)F. The molecule has 82 valence electrons. The smallest absolute Gasteiger partial charge is 0.405 e. The van der Waals surface area contributed by atoms with Gasteiger partial charge in [0.05, 0.1) is 6.20 Å². The van der Waals surface area contributed by atoms with Crippen LogP contribution in [-0.2, 0) is 0 Å². The van der Waals surface area contributed by atoms with E-state index in [9.17, 15) is 18.0 Å². The molecule has 0 aliphatic heterocycles. The number of alkyl halides is 3. The summed E-state index contributed by atoms with van der Waals surface area (Å²) in [6.07, 6.45) is -3.35. The van der Waals surface area contributed by atoms with E-state index in [1.807, 2.05) is 5.32 Å². The molecule has 0 amide bonds. The Kier molecular flexibility index (Phi) is 3.08. The topological polar surface area (TPSA) is 75.1 Å². The van der Waals surface area contributed by atoms with Crippen molar-refractivity contribution in [1.82, 2.24) is 10.2 Å². The van der Waals surface area contributed by atoms with Gasteiger partial charge < -0.3 is 10.4 Å². The van der Waals surface area contributed by atoms with Crippen LogP contribution >= 0.6 is 0 Å². The predicted molar refractivity (Wildman–Crippen MR) is 43.5 cm³/mol. The van der Waals surface area contributed by atoms with E-state index in [2.05, 4.69) is 10.2 Å². The number of carboxylic acids is 1. The molecule has 1 aromatic heterocycles. The van der Waals surface area contributed by atoms with Crippen molar-refractivity contribution in [3.63, 3.8) is 0 Å². The molecule has 0 atom stereocenters. The van der Waals surface area contributed by atoms with Crippen molar-refractivity contribution >= 4 is 11.8 Å². The summed E-state index contributed by atoms with van der Waals surface area (Å²) >= 11 is 0. The zero-order chi connectivity index (χ0) is 11.5. The van der Waals surface area contributed by atoms with Gasteiger partial charge in [0.15, 0.2) is 5.82 Å². The second-order valence-corrected chi connectivity index (χ2v) is 2.57. The second kappa shape index (κ2) is 4.11. The quantitative estimate of drug-likeness (QED) is 0.800.